The summed E-state index contributed by atoms with van der Waals surface area (Å²) in [6.45, 7) is 2.04. The van der Waals surface area contributed by atoms with E-state index in [9.17, 15) is 0 Å². The minimum Gasteiger partial charge on any atom is -0.496 e. The van der Waals surface area contributed by atoms with Crippen molar-refractivity contribution < 1.29 is 9.15 Å². The van der Waals surface area contributed by atoms with Crippen molar-refractivity contribution in [3.05, 3.63) is 60.6 Å². The molecule has 0 unspecified atom stereocenters. The van der Waals surface area contributed by atoms with Crippen LogP contribution >= 0.6 is 12.2 Å². The largest absolute Gasteiger partial charge is 0.496 e. The third kappa shape index (κ3) is 3.72. The third-order valence-corrected chi connectivity index (χ3v) is 3.64. The second-order valence-electron chi connectivity index (χ2n) is 5.23. The smallest absolute Gasteiger partial charge is 0.181 e. The molecule has 2 aromatic carbocycles. The molecule has 1 heterocycles. The lowest BCUT2D eigenvalue weighted by molar-refractivity contribution is 0.415. The minimum absolute atomic E-state index is 0.509. The summed E-state index contributed by atoms with van der Waals surface area (Å²) in [5.41, 5.74) is 3.76. The average Bonchev–Trinajstić information content (AvgIpc) is 3.09. The van der Waals surface area contributed by atoms with Crippen molar-refractivity contribution in [3.63, 3.8) is 0 Å². The molecule has 0 atom stereocenters. The molecular formula is C18H17N3O2S. The molecule has 0 aliphatic rings. The quantitative estimate of drug-likeness (QED) is 0.684. The van der Waals surface area contributed by atoms with Gasteiger partial charge in [-0.2, -0.15) is 0 Å². The number of nitrogens with zero attached hydrogens (tertiary/aromatic N) is 1. The van der Waals surface area contributed by atoms with Gasteiger partial charge in [0, 0.05) is 17.4 Å². The molecule has 0 spiro atoms. The van der Waals surface area contributed by atoms with Crippen molar-refractivity contribution in [3.8, 4) is 17.1 Å². The first kappa shape index (κ1) is 16.0. The van der Waals surface area contributed by atoms with Gasteiger partial charge < -0.3 is 19.8 Å². The number of anilines is 2. The van der Waals surface area contributed by atoms with Gasteiger partial charge in [0.2, 0.25) is 0 Å². The number of benzene rings is 2. The van der Waals surface area contributed by atoms with Crippen molar-refractivity contribution >= 4 is 28.7 Å². The number of rotatable bonds is 4. The van der Waals surface area contributed by atoms with Gasteiger partial charge in [-0.25, -0.2) is 4.98 Å². The molecule has 0 aliphatic carbocycles. The fourth-order valence-corrected chi connectivity index (χ4v) is 2.57. The Morgan fingerprint density at radius 1 is 1.12 bits per heavy atom. The molecule has 6 heteroatoms. The van der Waals surface area contributed by atoms with E-state index in [0.717, 1.165) is 16.9 Å². The number of oxazole rings is 1. The molecule has 0 saturated heterocycles. The zero-order chi connectivity index (χ0) is 16.9. The molecule has 0 saturated carbocycles. The summed E-state index contributed by atoms with van der Waals surface area (Å²) in [5.74, 6) is 1.33. The van der Waals surface area contributed by atoms with Crippen LogP contribution in [-0.2, 0) is 0 Å². The maximum absolute atomic E-state index is 5.43. The van der Waals surface area contributed by atoms with Crippen molar-refractivity contribution in [2.45, 2.75) is 6.92 Å². The van der Waals surface area contributed by atoms with Crippen LogP contribution in [0.2, 0.25) is 0 Å². The number of methoxy groups -OCH3 is 1. The predicted molar refractivity (Wildman–Crippen MR) is 99.5 cm³/mol. The number of aryl methyl sites for hydroxylation is 1. The van der Waals surface area contributed by atoms with Crippen LogP contribution in [0.4, 0.5) is 11.4 Å². The normalized spacial score (nSPS) is 10.2. The first-order valence-electron chi connectivity index (χ1n) is 7.37. The van der Waals surface area contributed by atoms with Crippen molar-refractivity contribution in [1.82, 2.24) is 4.98 Å². The molecule has 2 N–H and O–H groups in total. The van der Waals surface area contributed by atoms with E-state index in [1.807, 2.05) is 49.4 Å². The lowest BCUT2D eigenvalue weighted by atomic mass is 10.1. The van der Waals surface area contributed by atoms with Gasteiger partial charge in [0.25, 0.3) is 0 Å². The molecule has 0 radical (unpaired) electrons. The molecule has 0 fully saturated rings. The second-order valence-corrected chi connectivity index (χ2v) is 5.64. The summed E-state index contributed by atoms with van der Waals surface area (Å²) < 4.78 is 10.8. The van der Waals surface area contributed by atoms with Crippen LogP contribution in [0.25, 0.3) is 11.3 Å². The molecule has 5 nitrogen and oxygen atoms in total. The fraction of sp³-hybridized carbons (Fsp3) is 0.111. The Hall–Kier alpha value is -2.86. The molecule has 122 valence electrons. The van der Waals surface area contributed by atoms with E-state index in [1.165, 1.54) is 12.0 Å². The van der Waals surface area contributed by atoms with Crippen molar-refractivity contribution in [2.24, 2.45) is 0 Å². The fourth-order valence-electron chi connectivity index (χ4n) is 2.34. The number of aromatic nitrogens is 1. The highest BCUT2D eigenvalue weighted by molar-refractivity contribution is 7.80. The Morgan fingerprint density at radius 3 is 2.58 bits per heavy atom. The summed E-state index contributed by atoms with van der Waals surface area (Å²) in [4.78, 5) is 3.93. The summed E-state index contributed by atoms with van der Waals surface area (Å²) in [6, 6.07) is 13.7. The Balaban J connectivity index is 1.74. The molecular weight excluding hydrogens is 322 g/mol. The van der Waals surface area contributed by atoms with E-state index in [-0.39, 0.29) is 0 Å². The van der Waals surface area contributed by atoms with Gasteiger partial charge in [-0.05, 0) is 49.0 Å². The van der Waals surface area contributed by atoms with Gasteiger partial charge in [0.1, 0.15) is 5.75 Å². The van der Waals surface area contributed by atoms with Crippen LogP contribution in [0.15, 0.2) is 59.5 Å². The lowest BCUT2D eigenvalue weighted by Gasteiger charge is -2.13. The Labute approximate surface area is 145 Å². The zero-order valence-electron chi connectivity index (χ0n) is 13.4. The van der Waals surface area contributed by atoms with E-state index >= 15 is 0 Å². The summed E-state index contributed by atoms with van der Waals surface area (Å²) in [5, 5.41) is 6.82. The van der Waals surface area contributed by atoms with Gasteiger partial charge in [0.05, 0.1) is 18.9 Å². The number of hydrogen-bond donors (Lipinski definition) is 2. The highest BCUT2D eigenvalue weighted by Crippen LogP contribution is 2.32. The molecule has 3 rings (SSSR count). The minimum atomic E-state index is 0.509. The monoisotopic (exact) mass is 339 g/mol. The van der Waals surface area contributed by atoms with Crippen molar-refractivity contribution in [1.29, 1.82) is 0 Å². The van der Waals surface area contributed by atoms with E-state index in [2.05, 4.69) is 15.6 Å². The third-order valence-electron chi connectivity index (χ3n) is 3.43. The van der Waals surface area contributed by atoms with Gasteiger partial charge in [-0.15, -0.1) is 0 Å². The van der Waals surface area contributed by atoms with Crippen LogP contribution in [0.1, 0.15) is 5.56 Å². The van der Waals surface area contributed by atoms with E-state index in [1.54, 1.807) is 13.3 Å². The topological polar surface area (TPSA) is 59.3 Å². The average molecular weight is 339 g/mol. The van der Waals surface area contributed by atoms with Crippen LogP contribution in [0, 0.1) is 6.92 Å². The first-order chi connectivity index (χ1) is 11.7. The molecule has 0 aliphatic heterocycles. The van der Waals surface area contributed by atoms with Crippen LogP contribution < -0.4 is 15.4 Å². The molecule has 0 bridgehead atoms. The Kier molecular flexibility index (Phi) is 4.77. The Morgan fingerprint density at radius 2 is 1.92 bits per heavy atom. The number of ether oxygens (including phenoxy) is 1. The first-order valence-corrected chi connectivity index (χ1v) is 7.78. The van der Waals surface area contributed by atoms with Gasteiger partial charge >= 0.3 is 0 Å². The lowest BCUT2D eigenvalue weighted by Crippen LogP contribution is -2.19. The highest BCUT2D eigenvalue weighted by atomic mass is 32.1. The summed E-state index contributed by atoms with van der Waals surface area (Å²) in [7, 11) is 1.61. The van der Waals surface area contributed by atoms with Crippen LogP contribution in [0.5, 0.6) is 5.75 Å². The number of nitrogens with one attached hydrogen (secondary N) is 2. The van der Waals surface area contributed by atoms with Gasteiger partial charge in [-0.3, -0.25) is 0 Å². The molecule has 1 aromatic heterocycles. The predicted octanol–water partition coefficient (Wildman–Crippen LogP) is 4.47. The van der Waals surface area contributed by atoms with Crippen LogP contribution in [0.3, 0.4) is 0 Å². The van der Waals surface area contributed by atoms with E-state index < -0.39 is 0 Å². The maximum Gasteiger partial charge on any atom is 0.181 e. The number of thiocarbonyl (C=S) groups is 1. The van der Waals surface area contributed by atoms with E-state index in [0.29, 0.717) is 16.6 Å². The summed E-state index contributed by atoms with van der Waals surface area (Å²) >= 11 is 5.36. The molecule has 0 amide bonds. The zero-order valence-corrected chi connectivity index (χ0v) is 14.2. The Bertz CT molecular complexity index is 847. The standard InChI is InChI=1S/C18H17N3O2S/c1-12-4-3-5-13(8-12)20-18(24)21-14-6-7-15(16(9-14)22-2)17-10-19-11-23-17/h3-11H,1-2H3,(H2,20,21,24). The second kappa shape index (κ2) is 7.14. The number of hydrogen-bond acceptors (Lipinski definition) is 4. The molecule has 24 heavy (non-hydrogen) atoms. The van der Waals surface area contributed by atoms with Crippen molar-refractivity contribution in [2.75, 3.05) is 17.7 Å². The summed E-state index contributed by atoms with van der Waals surface area (Å²) in [6.07, 6.45) is 3.04. The highest BCUT2D eigenvalue weighted by Gasteiger charge is 2.10. The SMILES string of the molecule is COc1cc(NC(=S)Nc2cccc(C)c2)ccc1-c1cnco1. The van der Waals surface area contributed by atoms with E-state index in [4.69, 9.17) is 21.4 Å². The maximum atomic E-state index is 5.43. The van der Waals surface area contributed by atoms with Gasteiger partial charge in [-0.1, -0.05) is 12.1 Å². The van der Waals surface area contributed by atoms with Gasteiger partial charge in [0.15, 0.2) is 17.3 Å². The molecule has 3 aromatic rings. The van der Waals surface area contributed by atoms with Crippen LogP contribution in [-0.4, -0.2) is 17.2 Å².